The smallest absolute Gasteiger partial charge is 0.139 e. The zero-order valence-electron chi connectivity index (χ0n) is 11.2. The number of rotatable bonds is 4. The molecule has 1 aliphatic heterocycles. The molecule has 0 spiro atoms. The standard InChI is InChI=1S/C18H16O2/c1-2-6-13(7-3-1)10-11-15-14-8-4-5-9-16(14)20-18(15)17-12-19-17/h1-9,17H,10-12H2/t17-/m0/s1. The number of aryl methyl sites for hydroxylation is 2. The molecule has 1 fully saturated rings. The van der Waals surface area contributed by atoms with Crippen molar-refractivity contribution in [3.8, 4) is 0 Å². The van der Waals surface area contributed by atoms with Gasteiger partial charge in [-0.1, -0.05) is 48.5 Å². The van der Waals surface area contributed by atoms with E-state index < -0.39 is 0 Å². The van der Waals surface area contributed by atoms with Crippen molar-refractivity contribution in [1.29, 1.82) is 0 Å². The minimum Gasteiger partial charge on any atom is -0.458 e. The van der Waals surface area contributed by atoms with Crippen molar-refractivity contribution in [3.63, 3.8) is 0 Å². The van der Waals surface area contributed by atoms with Crippen molar-refractivity contribution in [1.82, 2.24) is 0 Å². The quantitative estimate of drug-likeness (QED) is 0.657. The van der Waals surface area contributed by atoms with E-state index in [4.69, 9.17) is 9.15 Å². The van der Waals surface area contributed by atoms with Crippen LogP contribution >= 0.6 is 0 Å². The van der Waals surface area contributed by atoms with Crippen molar-refractivity contribution in [2.75, 3.05) is 6.61 Å². The van der Waals surface area contributed by atoms with Gasteiger partial charge in [-0.05, 0) is 24.5 Å². The van der Waals surface area contributed by atoms with Crippen molar-refractivity contribution in [3.05, 3.63) is 71.5 Å². The molecule has 2 aromatic carbocycles. The summed E-state index contributed by atoms with van der Waals surface area (Å²) in [6.07, 6.45) is 2.20. The van der Waals surface area contributed by atoms with Gasteiger partial charge < -0.3 is 9.15 Å². The normalized spacial score (nSPS) is 17.5. The molecule has 0 bridgehead atoms. The SMILES string of the molecule is c1ccc(CCc2c([C@@H]3CO3)oc3ccccc23)cc1. The highest BCUT2D eigenvalue weighted by Gasteiger charge is 2.32. The average molecular weight is 264 g/mol. The summed E-state index contributed by atoms with van der Waals surface area (Å²) in [6, 6.07) is 18.9. The average Bonchev–Trinajstić information content (AvgIpc) is 3.28. The second-order valence-corrected chi connectivity index (χ2v) is 5.25. The highest BCUT2D eigenvalue weighted by atomic mass is 16.6. The van der Waals surface area contributed by atoms with Gasteiger partial charge >= 0.3 is 0 Å². The van der Waals surface area contributed by atoms with Crippen LogP contribution in [0.4, 0.5) is 0 Å². The molecule has 0 saturated carbocycles. The predicted molar refractivity (Wildman–Crippen MR) is 78.8 cm³/mol. The Morgan fingerprint density at radius 3 is 2.45 bits per heavy atom. The van der Waals surface area contributed by atoms with Crippen LogP contribution < -0.4 is 0 Å². The van der Waals surface area contributed by atoms with Gasteiger partial charge in [0.2, 0.25) is 0 Å². The Bertz CT molecular complexity index is 724. The zero-order valence-corrected chi connectivity index (χ0v) is 11.2. The summed E-state index contributed by atoms with van der Waals surface area (Å²) in [5.74, 6) is 1.03. The van der Waals surface area contributed by atoms with E-state index in [1.807, 2.05) is 12.1 Å². The summed E-state index contributed by atoms with van der Waals surface area (Å²) in [6.45, 7) is 0.790. The zero-order chi connectivity index (χ0) is 13.4. The number of para-hydroxylation sites is 1. The third kappa shape index (κ3) is 2.12. The summed E-state index contributed by atoms with van der Waals surface area (Å²) in [7, 11) is 0. The first-order chi connectivity index (χ1) is 9.92. The van der Waals surface area contributed by atoms with Crippen LogP contribution in [-0.2, 0) is 17.6 Å². The Hall–Kier alpha value is -2.06. The summed E-state index contributed by atoms with van der Waals surface area (Å²) in [5.41, 5.74) is 3.65. The first-order valence-corrected chi connectivity index (χ1v) is 7.07. The summed E-state index contributed by atoms with van der Waals surface area (Å²) >= 11 is 0. The maximum Gasteiger partial charge on any atom is 0.139 e. The van der Waals surface area contributed by atoms with Crippen LogP contribution in [-0.4, -0.2) is 6.61 Å². The Kier molecular flexibility index (Phi) is 2.82. The number of epoxide rings is 1. The molecule has 0 aliphatic carbocycles. The van der Waals surface area contributed by atoms with E-state index in [9.17, 15) is 0 Å². The van der Waals surface area contributed by atoms with Crippen molar-refractivity contribution >= 4 is 11.0 Å². The van der Waals surface area contributed by atoms with Gasteiger partial charge in [-0.3, -0.25) is 0 Å². The Morgan fingerprint density at radius 2 is 1.65 bits per heavy atom. The lowest BCUT2D eigenvalue weighted by atomic mass is 10.0. The largest absolute Gasteiger partial charge is 0.458 e. The molecule has 1 aromatic heterocycles. The molecule has 2 heteroatoms. The molecule has 1 saturated heterocycles. The molecular formula is C18H16O2. The van der Waals surface area contributed by atoms with E-state index in [1.165, 1.54) is 16.5 Å². The molecule has 0 radical (unpaired) electrons. The first-order valence-electron chi connectivity index (χ1n) is 7.07. The lowest BCUT2D eigenvalue weighted by Crippen LogP contribution is -1.94. The van der Waals surface area contributed by atoms with Gasteiger partial charge in [0, 0.05) is 10.9 Å². The molecule has 0 unspecified atom stereocenters. The highest BCUT2D eigenvalue weighted by molar-refractivity contribution is 5.82. The fourth-order valence-corrected chi connectivity index (χ4v) is 2.75. The minimum atomic E-state index is 0.174. The minimum absolute atomic E-state index is 0.174. The Balaban J connectivity index is 1.69. The van der Waals surface area contributed by atoms with Gasteiger partial charge in [0.1, 0.15) is 17.4 Å². The molecule has 4 rings (SSSR count). The van der Waals surface area contributed by atoms with Gasteiger partial charge in [0.05, 0.1) is 6.61 Å². The van der Waals surface area contributed by atoms with Gasteiger partial charge in [0.25, 0.3) is 0 Å². The molecule has 3 aromatic rings. The van der Waals surface area contributed by atoms with E-state index in [2.05, 4.69) is 42.5 Å². The molecule has 2 heterocycles. The molecule has 2 nitrogen and oxygen atoms in total. The number of hydrogen-bond acceptors (Lipinski definition) is 2. The maximum atomic E-state index is 5.99. The number of fused-ring (bicyclic) bond motifs is 1. The van der Waals surface area contributed by atoms with E-state index in [0.29, 0.717) is 0 Å². The molecule has 1 aliphatic rings. The van der Waals surface area contributed by atoms with Crippen LogP contribution in [0.3, 0.4) is 0 Å². The summed E-state index contributed by atoms with van der Waals surface area (Å²) < 4.78 is 11.4. The van der Waals surface area contributed by atoms with Crippen molar-refractivity contribution in [2.24, 2.45) is 0 Å². The van der Waals surface area contributed by atoms with Crippen LogP contribution in [0.2, 0.25) is 0 Å². The Morgan fingerprint density at radius 1 is 0.900 bits per heavy atom. The molecule has 100 valence electrons. The van der Waals surface area contributed by atoms with Crippen LogP contribution in [0, 0.1) is 0 Å². The van der Waals surface area contributed by atoms with E-state index in [1.54, 1.807) is 0 Å². The van der Waals surface area contributed by atoms with E-state index in [0.717, 1.165) is 30.8 Å². The lowest BCUT2D eigenvalue weighted by Gasteiger charge is -2.02. The number of furan rings is 1. The van der Waals surface area contributed by atoms with E-state index in [-0.39, 0.29) is 6.10 Å². The van der Waals surface area contributed by atoms with E-state index >= 15 is 0 Å². The van der Waals surface area contributed by atoms with Crippen LogP contribution in [0.15, 0.2) is 59.0 Å². The molecule has 20 heavy (non-hydrogen) atoms. The number of ether oxygens (including phenoxy) is 1. The van der Waals surface area contributed by atoms with Gasteiger partial charge in [0.15, 0.2) is 0 Å². The first kappa shape index (κ1) is 11.7. The monoisotopic (exact) mass is 264 g/mol. The topological polar surface area (TPSA) is 25.7 Å². The molecule has 1 atom stereocenters. The number of hydrogen-bond donors (Lipinski definition) is 0. The second kappa shape index (κ2) is 4.80. The third-order valence-corrected chi connectivity index (χ3v) is 3.86. The van der Waals surface area contributed by atoms with Gasteiger partial charge in [-0.25, -0.2) is 0 Å². The van der Waals surface area contributed by atoms with Crippen LogP contribution in [0.5, 0.6) is 0 Å². The molecule has 0 amide bonds. The molecular weight excluding hydrogens is 248 g/mol. The summed E-state index contributed by atoms with van der Waals surface area (Å²) in [5, 5.41) is 1.23. The fourth-order valence-electron chi connectivity index (χ4n) is 2.75. The van der Waals surface area contributed by atoms with Gasteiger partial charge in [-0.2, -0.15) is 0 Å². The van der Waals surface area contributed by atoms with Crippen LogP contribution in [0.25, 0.3) is 11.0 Å². The predicted octanol–water partition coefficient (Wildman–Crippen LogP) is 4.29. The molecule has 0 N–H and O–H groups in total. The van der Waals surface area contributed by atoms with Gasteiger partial charge in [-0.15, -0.1) is 0 Å². The summed E-state index contributed by atoms with van der Waals surface area (Å²) in [4.78, 5) is 0. The lowest BCUT2D eigenvalue weighted by molar-refractivity contribution is 0.375. The Labute approximate surface area is 118 Å². The second-order valence-electron chi connectivity index (χ2n) is 5.25. The number of benzene rings is 2. The van der Waals surface area contributed by atoms with Crippen LogP contribution in [0.1, 0.15) is 23.0 Å². The van der Waals surface area contributed by atoms with Crippen molar-refractivity contribution in [2.45, 2.75) is 18.9 Å². The highest BCUT2D eigenvalue weighted by Crippen LogP contribution is 2.38. The third-order valence-electron chi connectivity index (χ3n) is 3.86. The van der Waals surface area contributed by atoms with Crippen molar-refractivity contribution < 1.29 is 9.15 Å². The fraction of sp³-hybridized carbons (Fsp3) is 0.222. The maximum absolute atomic E-state index is 5.99.